The van der Waals surface area contributed by atoms with Gasteiger partial charge >= 0.3 is 169 Å². The van der Waals surface area contributed by atoms with Crippen molar-refractivity contribution >= 4 is 42.9 Å². The first-order valence-electron chi connectivity index (χ1n) is 20.4. The number of hydrogen-bond donors (Lipinski definition) is 0. The number of anilines is 2. The normalized spacial score (nSPS) is 12.5. The number of imide groups is 1. The van der Waals surface area contributed by atoms with Gasteiger partial charge in [0.2, 0.25) is 0 Å². The van der Waals surface area contributed by atoms with Gasteiger partial charge in [-0.3, -0.25) is 23.6 Å². The van der Waals surface area contributed by atoms with Crippen molar-refractivity contribution in [3.8, 4) is 0 Å². The zero-order valence-corrected chi connectivity index (χ0v) is 41.0. The molecule has 0 saturated heterocycles. The molecule has 0 unspecified atom stereocenters. The van der Waals surface area contributed by atoms with Crippen molar-refractivity contribution in [1.29, 1.82) is 0 Å². The van der Waals surface area contributed by atoms with Gasteiger partial charge in [0.1, 0.15) is 0 Å². The Kier molecular flexibility index (Phi) is 22.0. The Bertz CT molecular complexity index is 2250. The molecule has 1 aromatic heterocycles. The Labute approximate surface area is 367 Å². The Morgan fingerprint density at radius 3 is 1.47 bits per heavy atom. The molecule has 8 nitrogen and oxygen atoms in total. The molecule has 10 heteroatoms. The smallest absolute Gasteiger partial charge is 0.295 e. The van der Waals surface area contributed by atoms with E-state index >= 15 is 0 Å². The number of fused-ring (bicyclic) bond motifs is 4. The van der Waals surface area contributed by atoms with Gasteiger partial charge in [-0.15, -0.1) is 0 Å². The van der Waals surface area contributed by atoms with Crippen LogP contribution in [0.3, 0.4) is 0 Å². The minimum absolute atomic E-state index is 0.0283. The van der Waals surface area contributed by atoms with Gasteiger partial charge in [0.15, 0.2) is 0 Å². The first-order valence-corrected chi connectivity index (χ1v) is 21.8. The summed E-state index contributed by atoms with van der Waals surface area (Å²) in [5.74, 6) is -0.413. The molecule has 0 atom stereocenters. The molecule has 312 valence electrons. The molecule has 2 amide bonds. The zero-order valence-electron chi connectivity index (χ0n) is 38.2. The summed E-state index contributed by atoms with van der Waals surface area (Å²) in [6.45, 7) is 24.2. The van der Waals surface area contributed by atoms with Gasteiger partial charge in [-0.05, 0) is 43.7 Å². The standard InChI is InChI=1S/C10H12N2O.C10H9NO2.2C10H11N.4C2H6.2V/c1-7-4-5-8-9(6-7)12(3)10(13)11(8)2;1-6-3-4-7-8(5-6)10(13)11(2)9(7)12;1-8-3-4-10-9(7-8)5-6-11(10)2;1-8-3-4-9-5-6-11(2)10(9)7-8;4*1-2;;/h4-6H,1-3H3;3-5H,1-2H3;2*3-4,7H,5H2,1-2H3;4*1-2H3;;. The number of likely N-dealkylation sites (N-methyl/N-ethyl adjacent to an activating group) is 2. The van der Waals surface area contributed by atoms with Gasteiger partial charge < -0.3 is 0 Å². The van der Waals surface area contributed by atoms with Crippen molar-refractivity contribution in [3.05, 3.63) is 128 Å². The van der Waals surface area contributed by atoms with Crippen molar-refractivity contribution in [2.24, 2.45) is 14.1 Å². The second-order valence-electron chi connectivity index (χ2n) is 13.2. The molecule has 5 aromatic rings. The molecule has 0 spiro atoms. The fourth-order valence-electron chi connectivity index (χ4n) is 6.27. The topological polar surface area (TPSA) is 70.8 Å². The summed E-state index contributed by atoms with van der Waals surface area (Å²) in [5, 5.41) is 0. The predicted molar refractivity (Wildman–Crippen MR) is 242 cm³/mol. The summed E-state index contributed by atoms with van der Waals surface area (Å²) in [4.78, 5) is 40.1. The summed E-state index contributed by atoms with van der Waals surface area (Å²) in [7, 11) is 9.33. The molecule has 8 rings (SSSR count). The van der Waals surface area contributed by atoms with E-state index in [4.69, 9.17) is 0 Å². The molecule has 0 bridgehead atoms. The Morgan fingerprint density at radius 2 is 0.862 bits per heavy atom. The second-order valence-corrected chi connectivity index (χ2v) is 14.8. The van der Waals surface area contributed by atoms with E-state index in [1.807, 2.05) is 93.5 Å². The van der Waals surface area contributed by atoms with Crippen LogP contribution >= 0.6 is 0 Å². The fourth-order valence-corrected chi connectivity index (χ4v) is 7.14. The fraction of sp³-hybridized carbons (Fsp3) is 0.396. The van der Waals surface area contributed by atoms with Crippen LogP contribution in [0.25, 0.3) is 11.0 Å². The average molecular weight is 864 g/mol. The Balaban J connectivity index is 0.000000365. The number of aromatic nitrogens is 2. The first-order chi connectivity index (χ1) is 27.6. The molecule has 3 aliphatic rings. The van der Waals surface area contributed by atoms with Crippen LogP contribution in [0.4, 0.5) is 11.4 Å². The molecule has 3 aliphatic heterocycles. The largest absolute Gasteiger partial charge is 0.328 e. The van der Waals surface area contributed by atoms with Gasteiger partial charge in [-0.2, -0.15) is 0 Å². The number of benzene rings is 4. The van der Waals surface area contributed by atoms with E-state index in [1.54, 1.807) is 35.4 Å². The number of carbonyl (C=O) groups excluding carboxylic acids is 2. The number of carbonyl (C=O) groups is 2. The predicted octanol–water partition coefficient (Wildman–Crippen LogP) is 9.84. The third-order valence-electron chi connectivity index (χ3n) is 9.34. The number of rotatable bonds is 0. The molecule has 4 aromatic carbocycles. The van der Waals surface area contributed by atoms with E-state index < -0.39 is 0 Å². The summed E-state index contributed by atoms with van der Waals surface area (Å²) in [5.41, 5.74) is 13.5. The van der Waals surface area contributed by atoms with Crippen LogP contribution < -0.4 is 15.5 Å². The molecular weight excluding hydrogens is 796 g/mol. The molecule has 0 N–H and O–H groups in total. The summed E-state index contributed by atoms with van der Waals surface area (Å²) in [6, 6.07) is 24.6. The van der Waals surface area contributed by atoms with Crippen LogP contribution in [0.5, 0.6) is 0 Å². The van der Waals surface area contributed by atoms with Crippen molar-refractivity contribution < 1.29 is 43.5 Å². The van der Waals surface area contributed by atoms with E-state index in [0.29, 0.717) is 11.1 Å². The third kappa shape index (κ3) is 12.4. The summed E-state index contributed by atoms with van der Waals surface area (Å²) >= 11 is 5.29. The average Bonchev–Trinajstić information content (AvgIpc) is 3.84. The Morgan fingerprint density at radius 1 is 0.431 bits per heavy atom. The molecule has 4 heterocycles. The maximum Gasteiger partial charge on any atom is 0.328 e. The van der Waals surface area contributed by atoms with E-state index in [0.717, 1.165) is 34.3 Å². The molecule has 0 radical (unpaired) electrons. The number of nitrogens with zero attached hydrogens (tertiary/aromatic N) is 5. The number of aryl methyl sites for hydroxylation is 6. The number of amides is 2. The van der Waals surface area contributed by atoms with Gasteiger partial charge in [0, 0.05) is 21.1 Å². The van der Waals surface area contributed by atoms with Crippen LogP contribution in [-0.4, -0.2) is 55.7 Å². The van der Waals surface area contributed by atoms with Crippen molar-refractivity contribution in [2.45, 2.75) is 95.9 Å². The SMILES string of the molecule is CC.CC.CC.CC.Cc1ccc2c(c1)C(=O)N(C)C2=O.Cc1ccc2c(c1)C[C](=[V])N2C.Cc1ccc2c(c1)N(C)[C](=[V])C2.Cc1ccc2c(c1)n(C)c(=O)n2C. The summed E-state index contributed by atoms with van der Waals surface area (Å²) in [6.07, 6.45) is 2.18. The van der Waals surface area contributed by atoms with Crippen LogP contribution in [0.2, 0.25) is 0 Å². The van der Waals surface area contributed by atoms with E-state index in [9.17, 15) is 14.4 Å². The minimum Gasteiger partial charge on any atom is -0.295 e. The third-order valence-corrected chi connectivity index (χ3v) is 10.8. The van der Waals surface area contributed by atoms with E-state index in [1.165, 1.54) is 54.9 Å². The van der Waals surface area contributed by atoms with E-state index in [2.05, 4.69) is 108 Å². The molecule has 0 aliphatic carbocycles. The van der Waals surface area contributed by atoms with Crippen molar-refractivity contribution in [2.75, 3.05) is 30.9 Å². The van der Waals surface area contributed by atoms with Crippen molar-refractivity contribution in [3.63, 3.8) is 0 Å². The second kappa shape index (κ2) is 24.7. The maximum absolute atomic E-state index is 11.5. The molecule has 0 saturated carbocycles. The molecule has 0 fully saturated rings. The van der Waals surface area contributed by atoms with Crippen LogP contribution in [0.15, 0.2) is 77.6 Å². The van der Waals surface area contributed by atoms with E-state index in [-0.39, 0.29) is 17.5 Å². The monoisotopic (exact) mass is 863 g/mol. The molecule has 58 heavy (non-hydrogen) atoms. The van der Waals surface area contributed by atoms with Gasteiger partial charge in [0.25, 0.3) is 11.8 Å². The maximum atomic E-state index is 11.5. The quantitative estimate of drug-likeness (QED) is 0.145. The van der Waals surface area contributed by atoms with Gasteiger partial charge in [-0.25, -0.2) is 4.79 Å². The number of hydrogen-bond acceptors (Lipinski definition) is 5. The van der Waals surface area contributed by atoms with Crippen LogP contribution in [0, 0.1) is 27.7 Å². The zero-order chi connectivity index (χ0) is 44.6. The number of imidazole rings is 1. The van der Waals surface area contributed by atoms with Crippen LogP contribution in [0.1, 0.15) is 109 Å². The van der Waals surface area contributed by atoms with Crippen LogP contribution in [-0.2, 0) is 60.9 Å². The summed E-state index contributed by atoms with van der Waals surface area (Å²) < 4.78 is 6.09. The molecular formula is C48H67N5O3V2. The van der Waals surface area contributed by atoms with Crippen molar-refractivity contribution in [1.82, 2.24) is 14.0 Å². The van der Waals surface area contributed by atoms with Gasteiger partial charge in [0.05, 0.1) is 22.2 Å². The minimum atomic E-state index is -0.208. The Hall–Kier alpha value is -4.20. The first kappa shape index (κ1) is 51.8. The van der Waals surface area contributed by atoms with Gasteiger partial charge in [-0.1, -0.05) is 73.1 Å².